The number of fused-ring (bicyclic) bond motifs is 3. The smallest absolute Gasteiger partial charge is 0.231 e. The second-order valence-corrected chi connectivity index (χ2v) is 22.9. The molecule has 9 aromatic carbocycles. The number of nitrogens with one attached hydrogen (secondary N) is 4. The molecule has 10 aromatic rings. The Morgan fingerprint density at radius 2 is 0.822 bits per heavy atom. The van der Waals surface area contributed by atoms with E-state index in [0.717, 1.165) is 70.0 Å². The molecule has 0 bridgehead atoms. The van der Waals surface area contributed by atoms with E-state index in [1.165, 1.54) is 66.1 Å². The molecule has 0 unspecified atom stereocenters. The molecule has 12 heteroatoms. The third-order valence-corrected chi connectivity index (χ3v) is 16.7. The van der Waals surface area contributed by atoms with E-state index in [1.807, 2.05) is 42.0 Å². The van der Waals surface area contributed by atoms with Crippen molar-refractivity contribution in [2.24, 2.45) is 0 Å². The van der Waals surface area contributed by atoms with E-state index < -0.39 is 0 Å². The number of ether oxygens (including phenoxy) is 2. The van der Waals surface area contributed by atoms with Crippen molar-refractivity contribution in [2.45, 2.75) is 105 Å². The van der Waals surface area contributed by atoms with Crippen LogP contribution < -0.4 is 30.7 Å². The quantitative estimate of drug-likeness (QED) is 0.0540. The van der Waals surface area contributed by atoms with Gasteiger partial charge in [0.15, 0.2) is 11.5 Å². The van der Waals surface area contributed by atoms with Crippen molar-refractivity contribution in [3.05, 3.63) is 233 Å². The lowest BCUT2D eigenvalue weighted by atomic mass is 9.95. The topological polar surface area (TPSA) is 161 Å². The van der Waals surface area contributed by atoms with Gasteiger partial charge in [-0.15, -0.1) is 0 Å². The molecule has 2 heterocycles. The van der Waals surface area contributed by atoms with Crippen LogP contribution in [0.4, 0.5) is 0 Å². The Hall–Kier alpha value is -9.17. The number of rotatable bonds is 21. The average molecular weight is 1200 g/mol. The van der Waals surface area contributed by atoms with Gasteiger partial charge in [-0.3, -0.25) is 19.2 Å². The molecule has 464 valence electrons. The van der Waals surface area contributed by atoms with Crippen molar-refractivity contribution >= 4 is 44.7 Å². The average Bonchev–Trinajstić information content (AvgIpc) is 1.90. The lowest BCUT2D eigenvalue weighted by molar-refractivity contribution is -0.119. The first kappa shape index (κ1) is 66.8. The van der Waals surface area contributed by atoms with Crippen molar-refractivity contribution in [3.8, 4) is 56.0 Å². The van der Waals surface area contributed by atoms with E-state index in [1.54, 1.807) is 27.7 Å². The first-order valence-electron chi connectivity index (χ1n) is 30.9. The number of aromatic nitrogens is 1. The molecule has 0 radical (unpaired) electrons. The second kappa shape index (κ2) is 32.4. The highest BCUT2D eigenvalue weighted by Gasteiger charge is 2.20. The van der Waals surface area contributed by atoms with E-state index in [9.17, 15) is 19.2 Å². The third kappa shape index (κ3) is 17.6. The summed E-state index contributed by atoms with van der Waals surface area (Å²) in [6.45, 7) is 12.8. The van der Waals surface area contributed by atoms with Gasteiger partial charge in [0.1, 0.15) is 28.9 Å². The maximum Gasteiger partial charge on any atom is 0.231 e. The summed E-state index contributed by atoms with van der Waals surface area (Å²) in [5.41, 5.74) is 16.1. The number of hydrogen-bond donors (Lipinski definition) is 4. The zero-order valence-electron chi connectivity index (χ0n) is 53.8. The van der Waals surface area contributed by atoms with E-state index >= 15 is 0 Å². The number of carbonyl (C=O) groups excluding carboxylic acids is 4. The van der Waals surface area contributed by atoms with E-state index in [2.05, 4.69) is 227 Å². The van der Waals surface area contributed by atoms with E-state index in [4.69, 9.17) is 14.0 Å². The molecule has 11 rings (SSSR count). The third-order valence-electron chi connectivity index (χ3n) is 16.7. The molecular weight excluding hydrogens is 1120 g/mol. The zero-order valence-corrected chi connectivity index (χ0v) is 53.8. The van der Waals surface area contributed by atoms with Crippen LogP contribution >= 0.6 is 0 Å². The highest BCUT2D eigenvalue weighted by molar-refractivity contribution is 5.97. The molecule has 0 saturated heterocycles. The Bertz CT molecular complexity index is 3990. The van der Waals surface area contributed by atoms with Crippen molar-refractivity contribution < 1.29 is 33.2 Å². The number of benzene rings is 9. The van der Waals surface area contributed by atoms with Gasteiger partial charge in [0.05, 0.1) is 29.9 Å². The molecule has 0 saturated carbocycles. The van der Waals surface area contributed by atoms with Crippen LogP contribution in [0.2, 0.25) is 0 Å². The van der Waals surface area contributed by atoms with Crippen LogP contribution in [0, 0.1) is 13.8 Å². The minimum absolute atomic E-state index is 0.110. The first-order valence-corrected chi connectivity index (χ1v) is 30.9. The maximum atomic E-state index is 11.6. The van der Waals surface area contributed by atoms with Gasteiger partial charge in [-0.2, -0.15) is 0 Å². The largest absolute Gasteiger partial charge is 0.454 e. The SMILES string of the molecule is CCc1cc2c(cc1-c1ccc(C[C@H](NC)C(C)=O)cc1)OCO2.CN[C@@H](Cc1ccc(-c2c(C)noc2C)cc1)C(C)=O.CN[C@@H](Cc1ccc(-c2ccc3ccccc3c2)cc1)C(C)=O.CN[C@@H](Cc1ccc(-c2cccc3ccccc23)cc1)C(C)=O. The van der Waals surface area contributed by atoms with Crippen LogP contribution in [0.3, 0.4) is 0 Å². The van der Waals surface area contributed by atoms with Crippen LogP contribution in [-0.4, -0.2) is 87.4 Å². The summed E-state index contributed by atoms with van der Waals surface area (Å²) >= 11 is 0. The molecule has 0 aliphatic carbocycles. The van der Waals surface area contributed by atoms with Crippen LogP contribution in [0.5, 0.6) is 11.5 Å². The predicted octanol–water partition coefficient (Wildman–Crippen LogP) is 14.5. The van der Waals surface area contributed by atoms with Gasteiger partial charge in [0.25, 0.3) is 0 Å². The molecule has 0 amide bonds. The summed E-state index contributed by atoms with van der Waals surface area (Å²) in [7, 11) is 7.29. The maximum absolute atomic E-state index is 11.6. The number of aryl methyl sites for hydroxylation is 3. The fourth-order valence-corrected chi connectivity index (χ4v) is 11.3. The number of hydrogen-bond acceptors (Lipinski definition) is 12. The monoisotopic (exact) mass is 1200 g/mol. The zero-order chi connectivity index (χ0) is 64.3. The van der Waals surface area contributed by atoms with Gasteiger partial charge in [-0.25, -0.2) is 0 Å². The van der Waals surface area contributed by atoms with E-state index in [0.29, 0.717) is 12.8 Å². The number of nitrogens with zero attached hydrogens (tertiary/aromatic N) is 1. The predicted molar refractivity (Wildman–Crippen MR) is 366 cm³/mol. The normalized spacial score (nSPS) is 12.7. The lowest BCUT2D eigenvalue weighted by Crippen LogP contribution is -2.34. The summed E-state index contributed by atoms with van der Waals surface area (Å²) in [4.78, 5) is 46.1. The number of Topliss-reactive ketones (excluding diaryl/α,β-unsaturated/α-hetero) is 4. The Morgan fingerprint density at radius 3 is 1.27 bits per heavy atom. The standard InChI is InChI=1S/2C21H21NO.C20H23NO3.C16H20N2O2/c1-15(23)21(22-2)14-16-10-12-18(13-11-16)20-9-5-7-17-6-3-4-8-19(17)20;1-15(23)21(22-2)13-16-7-9-18(10-8-16)20-12-11-17-5-3-4-6-19(17)14-20;1-4-15-10-19-20(24-12-23-19)11-17(15)16-7-5-14(6-8-16)9-18(21-3)13(2)22;1-10-16(12(3)20-18-10)14-7-5-13(6-8-14)9-15(17-4)11(2)19/h3-13,21-22H,14H2,1-2H3;3-12,14,21-22H,13H2,1-2H3;5-8,10-11,18,21H,4,9,12H2,1-3H3;5-8,15,17H,9H2,1-4H3/t2*21-;18-;15-/m0000/s1. The molecule has 4 atom stereocenters. The van der Waals surface area contributed by atoms with Gasteiger partial charge < -0.3 is 35.3 Å². The van der Waals surface area contributed by atoms with Crippen LogP contribution in [0.1, 0.15) is 73.9 Å². The summed E-state index contributed by atoms with van der Waals surface area (Å²) < 4.78 is 16.2. The Morgan fingerprint density at radius 1 is 0.422 bits per heavy atom. The van der Waals surface area contributed by atoms with Crippen molar-refractivity contribution in [2.75, 3.05) is 35.0 Å². The molecule has 1 aromatic heterocycles. The molecule has 12 nitrogen and oxygen atoms in total. The first-order chi connectivity index (χ1) is 43.5. The van der Waals surface area contributed by atoms with Crippen molar-refractivity contribution in [1.82, 2.24) is 26.4 Å². The minimum atomic E-state index is -0.132. The lowest BCUT2D eigenvalue weighted by Gasteiger charge is -2.14. The van der Waals surface area contributed by atoms with Gasteiger partial charge >= 0.3 is 0 Å². The highest BCUT2D eigenvalue weighted by Crippen LogP contribution is 2.39. The Balaban J connectivity index is 0.000000155. The number of likely N-dealkylation sites (N-methyl/N-ethyl adjacent to an activating group) is 4. The Kier molecular flexibility index (Phi) is 24.0. The minimum Gasteiger partial charge on any atom is -0.454 e. The molecule has 0 fully saturated rings. The fraction of sp³-hybridized carbons (Fsp3) is 0.269. The van der Waals surface area contributed by atoms with Crippen LogP contribution in [0.25, 0.3) is 66.1 Å². The van der Waals surface area contributed by atoms with Gasteiger partial charge in [-0.1, -0.05) is 188 Å². The fourth-order valence-electron chi connectivity index (χ4n) is 11.3. The second-order valence-electron chi connectivity index (χ2n) is 22.9. The molecule has 1 aliphatic rings. The van der Waals surface area contributed by atoms with Gasteiger partial charge in [-0.05, 0) is 208 Å². The van der Waals surface area contributed by atoms with Crippen LogP contribution in [0.15, 0.2) is 199 Å². The summed E-state index contributed by atoms with van der Waals surface area (Å²) in [6, 6.07) is 67.0. The summed E-state index contributed by atoms with van der Waals surface area (Å²) in [5.74, 6) is 3.11. The summed E-state index contributed by atoms with van der Waals surface area (Å²) in [6.07, 6.45) is 3.78. The van der Waals surface area contributed by atoms with Gasteiger partial charge in [0.2, 0.25) is 6.79 Å². The van der Waals surface area contributed by atoms with E-state index in [-0.39, 0.29) is 54.1 Å². The molecule has 4 N–H and O–H groups in total. The molecule has 0 spiro atoms. The van der Waals surface area contributed by atoms with Crippen molar-refractivity contribution in [1.29, 1.82) is 0 Å². The highest BCUT2D eigenvalue weighted by atomic mass is 16.7. The molecule has 1 aliphatic heterocycles. The molecule has 90 heavy (non-hydrogen) atoms. The van der Waals surface area contributed by atoms with Crippen molar-refractivity contribution in [3.63, 3.8) is 0 Å². The molecular formula is C78H85N5O7. The van der Waals surface area contributed by atoms with Gasteiger partial charge in [0, 0.05) is 5.56 Å². The number of carbonyl (C=O) groups is 4. The Labute approximate surface area is 530 Å². The summed E-state index contributed by atoms with van der Waals surface area (Å²) in [5, 5.41) is 21.2. The van der Waals surface area contributed by atoms with Crippen LogP contribution in [-0.2, 0) is 51.3 Å². The number of ketones is 4.